The summed E-state index contributed by atoms with van der Waals surface area (Å²) >= 11 is 12.3. The van der Waals surface area contributed by atoms with Gasteiger partial charge in [-0.05, 0) is 67.8 Å². The summed E-state index contributed by atoms with van der Waals surface area (Å²) in [5.74, 6) is 2.04. The Kier molecular flexibility index (Phi) is 7.14. The Bertz CT molecular complexity index is 1020. The molecule has 1 aromatic heterocycles. The lowest BCUT2D eigenvalue weighted by atomic mass is 9.78. The van der Waals surface area contributed by atoms with Gasteiger partial charge in [-0.15, -0.1) is 0 Å². The predicted molar refractivity (Wildman–Crippen MR) is 136 cm³/mol. The Morgan fingerprint density at radius 3 is 2.76 bits per heavy atom. The van der Waals surface area contributed by atoms with Crippen molar-refractivity contribution >= 4 is 40.9 Å². The summed E-state index contributed by atoms with van der Waals surface area (Å²) in [5.41, 5.74) is 1.21. The zero-order chi connectivity index (χ0) is 23.5. The molecule has 1 unspecified atom stereocenters. The summed E-state index contributed by atoms with van der Waals surface area (Å²) in [7, 11) is 0. The van der Waals surface area contributed by atoms with Gasteiger partial charge in [0.25, 0.3) is 0 Å². The molecule has 0 radical (unpaired) electrons. The maximum atomic E-state index is 13.0. The lowest BCUT2D eigenvalue weighted by Gasteiger charge is -2.39. The molecule has 2 N–H and O–H groups in total. The van der Waals surface area contributed by atoms with Crippen LogP contribution in [0.4, 0.5) is 11.8 Å². The van der Waals surface area contributed by atoms with Crippen LogP contribution in [0.5, 0.6) is 0 Å². The van der Waals surface area contributed by atoms with E-state index in [0.29, 0.717) is 22.5 Å². The summed E-state index contributed by atoms with van der Waals surface area (Å²) in [4.78, 5) is 26.7. The van der Waals surface area contributed by atoms with E-state index >= 15 is 0 Å². The smallest absolute Gasteiger partial charge is 0.227 e. The van der Waals surface area contributed by atoms with Gasteiger partial charge in [0.05, 0.1) is 5.92 Å². The summed E-state index contributed by atoms with van der Waals surface area (Å²) in [6, 6.07) is 7.38. The average molecular weight is 503 g/mol. The minimum Gasteiger partial charge on any atom is -0.366 e. The van der Waals surface area contributed by atoms with Gasteiger partial charge < -0.3 is 20.4 Å². The first-order chi connectivity index (χ1) is 16.5. The molecule has 182 valence electrons. The molecule has 4 heterocycles. The molecule has 9 heteroatoms. The molecule has 1 amide bonds. The second-order valence-corrected chi connectivity index (χ2v) is 10.7. The predicted octanol–water partition coefficient (Wildman–Crippen LogP) is 4.21. The van der Waals surface area contributed by atoms with E-state index in [4.69, 9.17) is 28.2 Å². The number of hydrogen-bond acceptors (Lipinski definition) is 6. The number of rotatable bonds is 5. The minimum absolute atomic E-state index is 0.162. The normalized spacial score (nSPS) is 22.2. The van der Waals surface area contributed by atoms with Crippen LogP contribution >= 0.6 is 23.2 Å². The van der Waals surface area contributed by atoms with Gasteiger partial charge in [0, 0.05) is 55.5 Å². The molecule has 3 aliphatic rings. The lowest BCUT2D eigenvalue weighted by Crippen LogP contribution is -2.45. The molecular weight excluding hydrogens is 471 g/mol. The van der Waals surface area contributed by atoms with Crippen LogP contribution in [-0.2, 0) is 11.3 Å². The molecule has 0 saturated carbocycles. The summed E-state index contributed by atoms with van der Waals surface area (Å²) < 4.78 is 0. The van der Waals surface area contributed by atoms with Gasteiger partial charge in [-0.25, -0.2) is 4.98 Å². The number of anilines is 2. The highest BCUT2D eigenvalue weighted by atomic mass is 35.5. The molecule has 3 aliphatic heterocycles. The standard InChI is InChI=1S/C25H32Cl2N6O/c26-20-4-3-18(21(27)14-20)16-30-22-5-10-29-24(31-22)32-11-6-25(7-12-32)8-13-33(17-25)23(34)19-2-1-9-28-15-19/h3-5,10,14,19,28H,1-2,6-9,11-13,15-17H2,(H,29,30,31). The molecule has 3 saturated heterocycles. The van der Waals surface area contributed by atoms with Crippen molar-refractivity contribution in [1.82, 2.24) is 20.2 Å². The average Bonchev–Trinajstić information content (AvgIpc) is 3.27. The fourth-order valence-electron chi connectivity index (χ4n) is 5.48. The minimum atomic E-state index is 0.162. The summed E-state index contributed by atoms with van der Waals surface area (Å²) in [6.07, 6.45) is 7.17. The van der Waals surface area contributed by atoms with Gasteiger partial charge in [-0.2, -0.15) is 4.98 Å². The van der Waals surface area contributed by atoms with E-state index in [1.165, 1.54) is 0 Å². The number of carbonyl (C=O) groups excluding carboxylic acids is 1. The number of piperidine rings is 2. The van der Waals surface area contributed by atoms with Crippen LogP contribution in [0.25, 0.3) is 0 Å². The largest absolute Gasteiger partial charge is 0.366 e. The topological polar surface area (TPSA) is 73.4 Å². The molecule has 0 aliphatic carbocycles. The molecule has 0 bridgehead atoms. The zero-order valence-electron chi connectivity index (χ0n) is 19.4. The van der Waals surface area contributed by atoms with Crippen LogP contribution in [-0.4, -0.2) is 60.0 Å². The Morgan fingerprint density at radius 1 is 1.18 bits per heavy atom. The number of benzene rings is 1. The highest BCUT2D eigenvalue weighted by Crippen LogP contribution is 2.41. The Balaban J connectivity index is 1.15. The van der Waals surface area contributed by atoms with Gasteiger partial charge in [0.1, 0.15) is 5.82 Å². The number of likely N-dealkylation sites (tertiary alicyclic amines) is 1. The second-order valence-electron chi connectivity index (χ2n) is 9.87. The van der Waals surface area contributed by atoms with Gasteiger partial charge in [0.15, 0.2) is 0 Å². The van der Waals surface area contributed by atoms with Gasteiger partial charge in [-0.1, -0.05) is 29.3 Å². The highest BCUT2D eigenvalue weighted by Gasteiger charge is 2.43. The van der Waals surface area contributed by atoms with E-state index in [1.807, 2.05) is 18.2 Å². The molecule has 1 aromatic carbocycles. The van der Waals surface area contributed by atoms with Crippen molar-refractivity contribution in [2.24, 2.45) is 11.3 Å². The van der Waals surface area contributed by atoms with Crippen LogP contribution in [0.2, 0.25) is 10.0 Å². The third-order valence-corrected chi connectivity index (χ3v) is 8.21. The van der Waals surface area contributed by atoms with Crippen molar-refractivity contribution in [2.75, 3.05) is 49.5 Å². The number of nitrogens with zero attached hydrogens (tertiary/aromatic N) is 4. The molecule has 7 nitrogen and oxygen atoms in total. The summed E-state index contributed by atoms with van der Waals surface area (Å²) in [6.45, 7) is 6.08. The Morgan fingerprint density at radius 2 is 2.00 bits per heavy atom. The van der Waals surface area contributed by atoms with Crippen LogP contribution in [0, 0.1) is 11.3 Å². The fraction of sp³-hybridized carbons (Fsp3) is 0.560. The monoisotopic (exact) mass is 502 g/mol. The lowest BCUT2D eigenvalue weighted by molar-refractivity contribution is -0.135. The molecular formula is C25H32Cl2N6O. The molecule has 2 aromatic rings. The van der Waals surface area contributed by atoms with E-state index in [1.54, 1.807) is 12.3 Å². The third kappa shape index (κ3) is 5.26. The maximum Gasteiger partial charge on any atom is 0.227 e. The number of hydrogen-bond donors (Lipinski definition) is 2. The SMILES string of the molecule is O=C(C1CCCNC1)N1CCC2(CCN(c3nccc(NCc4ccc(Cl)cc4Cl)n3)CC2)C1. The second kappa shape index (κ2) is 10.3. The maximum absolute atomic E-state index is 13.0. The van der Waals surface area contributed by atoms with Crippen LogP contribution in [0.3, 0.4) is 0 Å². The van der Waals surface area contributed by atoms with Crippen molar-refractivity contribution in [3.63, 3.8) is 0 Å². The number of aromatic nitrogens is 2. The first-order valence-corrected chi connectivity index (χ1v) is 13.0. The van der Waals surface area contributed by atoms with Crippen molar-refractivity contribution in [3.8, 4) is 0 Å². The number of carbonyl (C=O) groups is 1. The van der Waals surface area contributed by atoms with Crippen molar-refractivity contribution in [1.29, 1.82) is 0 Å². The van der Waals surface area contributed by atoms with Gasteiger partial charge in [0.2, 0.25) is 11.9 Å². The van der Waals surface area contributed by atoms with E-state index in [9.17, 15) is 4.79 Å². The van der Waals surface area contributed by atoms with Gasteiger partial charge >= 0.3 is 0 Å². The van der Waals surface area contributed by atoms with E-state index in [0.717, 1.165) is 88.7 Å². The Hall–Kier alpha value is -2.09. The van der Waals surface area contributed by atoms with Crippen LogP contribution < -0.4 is 15.5 Å². The fourth-order valence-corrected chi connectivity index (χ4v) is 5.96. The molecule has 34 heavy (non-hydrogen) atoms. The quantitative estimate of drug-likeness (QED) is 0.637. The molecule has 5 rings (SSSR count). The van der Waals surface area contributed by atoms with E-state index in [2.05, 4.69) is 25.4 Å². The Labute approximate surface area is 211 Å². The first-order valence-electron chi connectivity index (χ1n) is 12.3. The van der Waals surface area contributed by atoms with E-state index < -0.39 is 0 Å². The highest BCUT2D eigenvalue weighted by molar-refractivity contribution is 6.35. The molecule has 1 spiro atoms. The number of halogens is 2. The molecule has 3 fully saturated rings. The summed E-state index contributed by atoms with van der Waals surface area (Å²) in [5, 5.41) is 7.99. The van der Waals surface area contributed by atoms with Crippen molar-refractivity contribution in [2.45, 2.75) is 38.6 Å². The number of nitrogens with one attached hydrogen (secondary N) is 2. The van der Waals surface area contributed by atoms with Crippen molar-refractivity contribution in [3.05, 3.63) is 46.1 Å². The van der Waals surface area contributed by atoms with Crippen molar-refractivity contribution < 1.29 is 4.79 Å². The molecule has 1 atom stereocenters. The third-order valence-electron chi connectivity index (χ3n) is 7.62. The van der Waals surface area contributed by atoms with Crippen LogP contribution in [0.15, 0.2) is 30.5 Å². The number of amides is 1. The first kappa shape index (κ1) is 23.6. The van der Waals surface area contributed by atoms with Crippen LogP contribution in [0.1, 0.15) is 37.7 Å². The van der Waals surface area contributed by atoms with Gasteiger partial charge in [-0.3, -0.25) is 4.79 Å². The zero-order valence-corrected chi connectivity index (χ0v) is 20.9. The van der Waals surface area contributed by atoms with E-state index in [-0.39, 0.29) is 11.3 Å².